The number of hydrogen-bond donors (Lipinski definition) is 2. The fraction of sp³-hybridized carbons (Fsp3) is 0.533. The number of nitrogens with zero attached hydrogens (tertiary/aromatic N) is 1. The molecule has 1 rings (SSSR count). The van der Waals surface area contributed by atoms with Gasteiger partial charge in [-0.1, -0.05) is 6.07 Å². The van der Waals surface area contributed by atoms with Gasteiger partial charge in [-0.25, -0.2) is 4.39 Å². The highest BCUT2D eigenvalue weighted by Gasteiger charge is 2.12. The summed E-state index contributed by atoms with van der Waals surface area (Å²) >= 11 is 1.66. The van der Waals surface area contributed by atoms with Crippen LogP contribution in [-0.2, 0) is 17.9 Å². The van der Waals surface area contributed by atoms with Crippen molar-refractivity contribution in [1.29, 1.82) is 0 Å². The van der Waals surface area contributed by atoms with E-state index in [0.717, 1.165) is 11.3 Å². The standard InChI is InChI=1S/C15H24FN3OS.ClH/c1-19(2)10-12-8-11(4-5-13(12)16)9-18-15(20)14(17)6-7-21-3;/h4-5,8,14H,6-7,9-10,17H2,1-3H3,(H,18,20);1H/t14-;/m0./s1. The number of carbonyl (C=O) groups is 1. The van der Waals surface area contributed by atoms with Gasteiger partial charge in [0.05, 0.1) is 6.04 Å². The van der Waals surface area contributed by atoms with Crippen LogP contribution in [0.3, 0.4) is 0 Å². The first kappa shape index (κ1) is 21.2. The molecule has 7 heteroatoms. The van der Waals surface area contributed by atoms with Gasteiger partial charge in [0.2, 0.25) is 5.91 Å². The van der Waals surface area contributed by atoms with Crippen LogP contribution in [-0.4, -0.2) is 43.0 Å². The number of nitrogens with one attached hydrogen (secondary N) is 1. The van der Waals surface area contributed by atoms with E-state index in [0.29, 0.717) is 25.1 Å². The minimum absolute atomic E-state index is 0. The Morgan fingerprint density at radius 2 is 2.14 bits per heavy atom. The highest BCUT2D eigenvalue weighted by Crippen LogP contribution is 2.12. The lowest BCUT2D eigenvalue weighted by Crippen LogP contribution is -2.40. The van der Waals surface area contributed by atoms with Crippen LogP contribution in [0.1, 0.15) is 17.5 Å². The zero-order valence-electron chi connectivity index (χ0n) is 13.3. The summed E-state index contributed by atoms with van der Waals surface area (Å²) in [6, 6.07) is 4.42. The van der Waals surface area contributed by atoms with Crippen molar-refractivity contribution in [1.82, 2.24) is 10.2 Å². The van der Waals surface area contributed by atoms with E-state index in [9.17, 15) is 9.18 Å². The van der Waals surface area contributed by atoms with Crippen LogP contribution in [0.25, 0.3) is 0 Å². The summed E-state index contributed by atoms with van der Waals surface area (Å²) in [4.78, 5) is 13.7. The molecule has 1 atom stereocenters. The van der Waals surface area contributed by atoms with E-state index >= 15 is 0 Å². The molecule has 0 aliphatic rings. The lowest BCUT2D eigenvalue weighted by Gasteiger charge is -2.14. The Morgan fingerprint density at radius 3 is 2.73 bits per heavy atom. The second kappa shape index (κ2) is 10.8. The summed E-state index contributed by atoms with van der Waals surface area (Å²) < 4.78 is 13.7. The summed E-state index contributed by atoms with van der Waals surface area (Å²) in [5.41, 5.74) is 7.29. The van der Waals surface area contributed by atoms with Gasteiger partial charge in [-0.05, 0) is 50.2 Å². The topological polar surface area (TPSA) is 58.4 Å². The second-order valence-corrected chi connectivity index (χ2v) is 6.25. The van der Waals surface area contributed by atoms with Crippen molar-refractivity contribution >= 4 is 30.1 Å². The first-order valence-electron chi connectivity index (χ1n) is 6.88. The Balaban J connectivity index is 0.00000441. The molecule has 22 heavy (non-hydrogen) atoms. The summed E-state index contributed by atoms with van der Waals surface area (Å²) in [7, 11) is 3.78. The maximum Gasteiger partial charge on any atom is 0.237 e. The maximum absolute atomic E-state index is 13.7. The van der Waals surface area contributed by atoms with Gasteiger partial charge in [0, 0.05) is 18.7 Å². The molecule has 126 valence electrons. The van der Waals surface area contributed by atoms with Crippen LogP contribution in [0.2, 0.25) is 0 Å². The number of nitrogens with two attached hydrogens (primary N) is 1. The number of hydrogen-bond acceptors (Lipinski definition) is 4. The molecule has 1 aromatic carbocycles. The van der Waals surface area contributed by atoms with Crippen molar-refractivity contribution in [2.75, 3.05) is 26.1 Å². The van der Waals surface area contributed by atoms with Gasteiger partial charge < -0.3 is 16.0 Å². The van der Waals surface area contributed by atoms with Crippen molar-refractivity contribution in [3.63, 3.8) is 0 Å². The maximum atomic E-state index is 13.7. The van der Waals surface area contributed by atoms with Gasteiger partial charge in [-0.3, -0.25) is 4.79 Å². The van der Waals surface area contributed by atoms with Crippen LogP contribution in [0.5, 0.6) is 0 Å². The Labute approximate surface area is 142 Å². The van der Waals surface area contributed by atoms with E-state index in [4.69, 9.17) is 5.73 Å². The van der Waals surface area contributed by atoms with Gasteiger partial charge in [-0.2, -0.15) is 11.8 Å². The van der Waals surface area contributed by atoms with Crippen molar-refractivity contribution in [2.45, 2.75) is 25.6 Å². The summed E-state index contributed by atoms with van der Waals surface area (Å²) in [5.74, 6) is 0.468. The lowest BCUT2D eigenvalue weighted by atomic mass is 10.1. The number of thioether (sulfide) groups is 1. The van der Waals surface area contributed by atoms with E-state index in [1.165, 1.54) is 6.07 Å². The highest BCUT2D eigenvalue weighted by molar-refractivity contribution is 7.98. The Kier molecular flexibility index (Phi) is 10.4. The monoisotopic (exact) mass is 349 g/mol. The third-order valence-corrected chi connectivity index (χ3v) is 3.68. The molecule has 4 nitrogen and oxygen atoms in total. The fourth-order valence-corrected chi connectivity index (χ4v) is 2.39. The molecule has 0 fully saturated rings. The Bertz CT molecular complexity index is 474. The van der Waals surface area contributed by atoms with Gasteiger partial charge in [0.15, 0.2) is 0 Å². The van der Waals surface area contributed by atoms with E-state index in [1.54, 1.807) is 23.9 Å². The van der Waals surface area contributed by atoms with Crippen LogP contribution in [0.15, 0.2) is 18.2 Å². The van der Waals surface area contributed by atoms with Crippen LogP contribution >= 0.6 is 24.2 Å². The summed E-state index contributed by atoms with van der Waals surface area (Å²) in [6.07, 6.45) is 2.64. The molecule has 0 bridgehead atoms. The van der Waals surface area contributed by atoms with Gasteiger partial charge >= 0.3 is 0 Å². The van der Waals surface area contributed by atoms with Crippen LogP contribution < -0.4 is 11.1 Å². The first-order chi connectivity index (χ1) is 9.93. The Hall–Kier alpha value is -0.820. The van der Waals surface area contributed by atoms with Crippen molar-refractivity contribution in [2.24, 2.45) is 5.73 Å². The molecule has 0 saturated heterocycles. The van der Waals surface area contributed by atoms with E-state index in [-0.39, 0.29) is 24.1 Å². The predicted molar refractivity (Wildman–Crippen MR) is 93.9 cm³/mol. The molecule has 0 aliphatic carbocycles. The van der Waals surface area contributed by atoms with Gasteiger partial charge in [0.1, 0.15) is 5.82 Å². The average molecular weight is 350 g/mol. The SMILES string of the molecule is CSCC[C@H](N)C(=O)NCc1ccc(F)c(CN(C)C)c1.Cl. The fourth-order valence-electron chi connectivity index (χ4n) is 1.90. The number of carbonyl (C=O) groups excluding carboxylic acids is 1. The summed E-state index contributed by atoms with van der Waals surface area (Å²) in [5, 5.41) is 2.80. The molecule has 0 aromatic heterocycles. The molecule has 0 saturated carbocycles. The van der Waals surface area contributed by atoms with E-state index < -0.39 is 6.04 Å². The first-order valence-corrected chi connectivity index (χ1v) is 8.27. The van der Waals surface area contributed by atoms with Crippen molar-refractivity contribution in [3.8, 4) is 0 Å². The third kappa shape index (κ3) is 7.45. The van der Waals surface area contributed by atoms with Gasteiger partial charge in [0.25, 0.3) is 0 Å². The molecule has 0 unspecified atom stereocenters. The predicted octanol–water partition coefficient (Wildman–Crippen LogP) is 2.01. The molecule has 1 aromatic rings. The summed E-state index contributed by atoms with van der Waals surface area (Å²) in [6.45, 7) is 0.896. The van der Waals surface area contributed by atoms with E-state index in [2.05, 4.69) is 5.32 Å². The van der Waals surface area contributed by atoms with Crippen LogP contribution in [0.4, 0.5) is 4.39 Å². The van der Waals surface area contributed by atoms with Crippen molar-refractivity contribution < 1.29 is 9.18 Å². The smallest absolute Gasteiger partial charge is 0.237 e. The molecule has 3 N–H and O–H groups in total. The van der Waals surface area contributed by atoms with Crippen molar-refractivity contribution in [3.05, 3.63) is 35.1 Å². The number of benzene rings is 1. The average Bonchev–Trinajstić information content (AvgIpc) is 2.44. The number of halogens is 2. The molecule has 1 amide bonds. The molecular weight excluding hydrogens is 325 g/mol. The third-order valence-electron chi connectivity index (χ3n) is 3.03. The molecule has 0 aliphatic heterocycles. The zero-order valence-corrected chi connectivity index (χ0v) is 14.9. The molecule has 0 spiro atoms. The number of rotatable bonds is 8. The number of amides is 1. The molecule has 0 radical (unpaired) electrons. The lowest BCUT2D eigenvalue weighted by molar-refractivity contribution is -0.122. The minimum atomic E-state index is -0.487. The molecule has 0 heterocycles. The largest absolute Gasteiger partial charge is 0.351 e. The zero-order chi connectivity index (χ0) is 15.8. The Morgan fingerprint density at radius 1 is 1.45 bits per heavy atom. The normalized spacial score (nSPS) is 11.9. The minimum Gasteiger partial charge on any atom is -0.351 e. The quantitative estimate of drug-likeness (QED) is 0.753. The van der Waals surface area contributed by atoms with Gasteiger partial charge in [-0.15, -0.1) is 12.4 Å². The second-order valence-electron chi connectivity index (χ2n) is 5.27. The molecular formula is C15H25ClFN3OS. The highest BCUT2D eigenvalue weighted by atomic mass is 35.5. The van der Waals surface area contributed by atoms with Crippen LogP contribution in [0, 0.1) is 5.82 Å². The van der Waals surface area contributed by atoms with E-state index in [1.807, 2.05) is 25.3 Å².